The summed E-state index contributed by atoms with van der Waals surface area (Å²) in [6.45, 7) is 2.30. The fourth-order valence-electron chi connectivity index (χ4n) is 3.49. The molecule has 0 saturated heterocycles. The summed E-state index contributed by atoms with van der Waals surface area (Å²) < 4.78 is 0. The molecule has 0 aliphatic heterocycles. The predicted octanol–water partition coefficient (Wildman–Crippen LogP) is 4.45. The van der Waals surface area contributed by atoms with Crippen LogP contribution in [0.3, 0.4) is 0 Å². The summed E-state index contributed by atoms with van der Waals surface area (Å²) in [5.74, 6) is 1.02. The Morgan fingerprint density at radius 2 is 1.44 bits per heavy atom. The van der Waals surface area contributed by atoms with Crippen molar-refractivity contribution in [1.82, 2.24) is 10.3 Å². The molecule has 0 bridgehead atoms. The number of hydrogen-bond donors (Lipinski definition) is 3. The van der Waals surface area contributed by atoms with Gasteiger partial charge in [-0.15, -0.1) is 23.5 Å². The zero-order chi connectivity index (χ0) is 25.8. The van der Waals surface area contributed by atoms with E-state index in [1.165, 1.54) is 0 Å². The number of nitrogens with one attached hydrogen (secondary N) is 1. The quantitative estimate of drug-likeness (QED) is 0.196. The minimum Gasteiger partial charge on any atom is -0.481 e. The number of pyridine rings is 1. The van der Waals surface area contributed by atoms with E-state index in [1.54, 1.807) is 23.5 Å². The van der Waals surface area contributed by atoms with Crippen LogP contribution in [-0.4, -0.2) is 58.8 Å². The number of hydrogen-bond acceptors (Lipinski definition) is 7. The summed E-state index contributed by atoms with van der Waals surface area (Å²) >= 11 is 3.40. The molecule has 0 atom stereocenters. The molecule has 36 heavy (non-hydrogen) atoms. The molecule has 0 aliphatic rings. The lowest BCUT2D eigenvalue weighted by molar-refractivity contribution is -0.137. The number of anilines is 1. The maximum Gasteiger partial charge on any atom is 0.307 e. The molecule has 0 aliphatic carbocycles. The number of nitrogens with zero attached hydrogens (tertiary/aromatic N) is 2. The third-order valence-electron chi connectivity index (χ3n) is 5.24. The van der Waals surface area contributed by atoms with Gasteiger partial charge in [0.15, 0.2) is 0 Å². The lowest BCUT2D eigenvalue weighted by atomic mass is 10.2. The van der Waals surface area contributed by atoms with E-state index in [0.717, 1.165) is 57.0 Å². The van der Waals surface area contributed by atoms with Gasteiger partial charge in [-0.05, 0) is 47.5 Å². The molecule has 1 heterocycles. The number of thioether (sulfide) groups is 2. The Hall–Kier alpha value is -3.01. The van der Waals surface area contributed by atoms with Crippen molar-refractivity contribution >= 4 is 41.3 Å². The Morgan fingerprint density at radius 1 is 0.861 bits per heavy atom. The Kier molecular flexibility index (Phi) is 11.1. The Labute approximate surface area is 220 Å². The van der Waals surface area contributed by atoms with Gasteiger partial charge in [-0.1, -0.05) is 30.3 Å². The first-order chi connectivity index (χ1) is 17.4. The van der Waals surface area contributed by atoms with Gasteiger partial charge < -0.3 is 20.4 Å². The molecular formula is C27H31N3O4S2. The zero-order valence-electron chi connectivity index (χ0n) is 20.2. The number of rotatable bonds is 15. The number of carbonyl (C=O) groups is 2. The van der Waals surface area contributed by atoms with Crippen LogP contribution in [0.4, 0.5) is 5.82 Å². The van der Waals surface area contributed by atoms with Gasteiger partial charge in [0.05, 0.1) is 18.5 Å². The van der Waals surface area contributed by atoms with Gasteiger partial charge in [0.25, 0.3) is 0 Å². The van der Waals surface area contributed by atoms with Crippen molar-refractivity contribution in [3.05, 3.63) is 83.6 Å². The van der Waals surface area contributed by atoms with Gasteiger partial charge in [-0.3, -0.25) is 9.59 Å². The molecule has 3 N–H and O–H groups in total. The largest absolute Gasteiger partial charge is 0.481 e. The van der Waals surface area contributed by atoms with E-state index < -0.39 is 11.9 Å². The lowest BCUT2D eigenvalue weighted by Gasteiger charge is -2.19. The van der Waals surface area contributed by atoms with E-state index in [2.05, 4.69) is 10.2 Å². The Bertz CT molecular complexity index is 1160. The van der Waals surface area contributed by atoms with E-state index in [4.69, 9.17) is 15.2 Å². The molecule has 0 fully saturated rings. The summed E-state index contributed by atoms with van der Waals surface area (Å²) in [5, 5.41) is 21.3. The minimum absolute atomic E-state index is 0.0394. The van der Waals surface area contributed by atoms with Crippen molar-refractivity contribution in [1.29, 1.82) is 0 Å². The molecule has 0 saturated carbocycles. The molecule has 0 unspecified atom stereocenters. The maximum absolute atomic E-state index is 10.9. The molecule has 2 aromatic carbocycles. The maximum atomic E-state index is 10.9. The first-order valence-corrected chi connectivity index (χ1v) is 13.6. The summed E-state index contributed by atoms with van der Waals surface area (Å²) in [7, 11) is 2.02. The summed E-state index contributed by atoms with van der Waals surface area (Å²) in [4.78, 5) is 30.8. The summed E-state index contributed by atoms with van der Waals surface area (Å²) in [5.41, 5.74) is 2.60. The number of carboxylic acids is 2. The fourth-order valence-corrected chi connectivity index (χ4v) is 5.39. The normalized spacial score (nSPS) is 10.8. The molecule has 0 amide bonds. The van der Waals surface area contributed by atoms with Crippen LogP contribution in [0.15, 0.2) is 76.5 Å². The second-order valence-corrected chi connectivity index (χ2v) is 10.6. The molecule has 0 radical (unpaired) electrons. The lowest BCUT2D eigenvalue weighted by Crippen LogP contribution is -2.23. The van der Waals surface area contributed by atoms with Crippen LogP contribution in [-0.2, 0) is 29.0 Å². The first-order valence-electron chi connectivity index (χ1n) is 11.6. The topological polar surface area (TPSA) is 103 Å². The highest BCUT2D eigenvalue weighted by Crippen LogP contribution is 2.21. The Morgan fingerprint density at radius 3 is 2.06 bits per heavy atom. The van der Waals surface area contributed by atoms with Crippen molar-refractivity contribution in [3.63, 3.8) is 0 Å². The standard InChI is InChI=1S/C27H31N3O4S2/c1-30(12-14-36-24-9-3-6-21(16-24)18-27(33)34)25-10-4-7-22(29-25)19-28-11-13-35-23-8-2-5-20(15-23)17-26(31)32/h2-10,15-16,28H,11-14,17-19H2,1H3,(H,31,32)(H,33,34). The molecule has 3 rings (SSSR count). The van der Waals surface area contributed by atoms with Gasteiger partial charge in [0, 0.05) is 48.0 Å². The Balaban J connectivity index is 1.39. The highest BCUT2D eigenvalue weighted by Gasteiger charge is 2.06. The number of benzene rings is 2. The highest BCUT2D eigenvalue weighted by molar-refractivity contribution is 7.99. The first kappa shape index (κ1) is 27.6. The number of carboxylic acid groups (broad SMARTS) is 2. The summed E-state index contributed by atoms with van der Waals surface area (Å²) in [6.07, 6.45) is 0.0828. The van der Waals surface area contributed by atoms with Crippen molar-refractivity contribution in [3.8, 4) is 0 Å². The van der Waals surface area contributed by atoms with Gasteiger partial charge >= 0.3 is 11.9 Å². The summed E-state index contributed by atoms with van der Waals surface area (Å²) in [6, 6.07) is 21.4. The van der Waals surface area contributed by atoms with Crippen LogP contribution in [0, 0.1) is 0 Å². The molecule has 0 spiro atoms. The number of aromatic nitrogens is 1. The third kappa shape index (κ3) is 9.93. The van der Waals surface area contributed by atoms with Gasteiger partial charge in [-0.25, -0.2) is 4.98 Å². The monoisotopic (exact) mass is 525 g/mol. The SMILES string of the molecule is CN(CCSc1cccc(CC(=O)O)c1)c1cccc(CNCCSc2cccc(CC(=O)O)c2)n1. The molecule has 3 aromatic rings. The van der Waals surface area contributed by atoms with Crippen molar-refractivity contribution in [2.24, 2.45) is 0 Å². The third-order valence-corrected chi connectivity index (χ3v) is 7.21. The molecular weight excluding hydrogens is 494 g/mol. The van der Waals surface area contributed by atoms with E-state index in [-0.39, 0.29) is 12.8 Å². The van der Waals surface area contributed by atoms with Crippen LogP contribution in [0.1, 0.15) is 16.8 Å². The van der Waals surface area contributed by atoms with E-state index in [1.807, 2.05) is 73.8 Å². The average Bonchev–Trinajstić information content (AvgIpc) is 2.84. The van der Waals surface area contributed by atoms with E-state index in [9.17, 15) is 9.59 Å². The van der Waals surface area contributed by atoms with Crippen molar-refractivity contribution in [2.75, 3.05) is 36.5 Å². The van der Waals surface area contributed by atoms with Gasteiger partial charge in [0.2, 0.25) is 0 Å². The van der Waals surface area contributed by atoms with Crippen LogP contribution in [0.5, 0.6) is 0 Å². The number of aliphatic carboxylic acids is 2. The molecule has 7 nitrogen and oxygen atoms in total. The van der Waals surface area contributed by atoms with E-state index in [0.29, 0.717) is 6.54 Å². The van der Waals surface area contributed by atoms with Gasteiger partial charge in [-0.2, -0.15) is 0 Å². The van der Waals surface area contributed by atoms with E-state index >= 15 is 0 Å². The second kappa shape index (κ2) is 14.5. The zero-order valence-corrected chi connectivity index (χ0v) is 21.9. The molecule has 190 valence electrons. The molecule has 1 aromatic heterocycles. The second-order valence-electron chi connectivity index (χ2n) is 8.22. The van der Waals surface area contributed by atoms with Gasteiger partial charge in [0.1, 0.15) is 5.82 Å². The van der Waals surface area contributed by atoms with Crippen LogP contribution >= 0.6 is 23.5 Å². The van der Waals surface area contributed by atoms with Crippen molar-refractivity contribution in [2.45, 2.75) is 29.2 Å². The predicted molar refractivity (Wildman–Crippen MR) is 146 cm³/mol. The highest BCUT2D eigenvalue weighted by atomic mass is 32.2. The average molecular weight is 526 g/mol. The van der Waals surface area contributed by atoms with Crippen molar-refractivity contribution < 1.29 is 19.8 Å². The van der Waals surface area contributed by atoms with Crippen LogP contribution < -0.4 is 10.2 Å². The van der Waals surface area contributed by atoms with Crippen LogP contribution in [0.25, 0.3) is 0 Å². The fraction of sp³-hybridized carbons (Fsp3) is 0.296. The minimum atomic E-state index is -0.821. The molecule has 9 heteroatoms. The smallest absolute Gasteiger partial charge is 0.307 e. The van der Waals surface area contributed by atoms with Crippen LogP contribution in [0.2, 0.25) is 0 Å².